The number of nitro groups is 1. The van der Waals surface area contributed by atoms with Crippen LogP contribution in [-0.2, 0) is 14.8 Å². The number of anilines is 1. The van der Waals surface area contributed by atoms with Crippen LogP contribution in [0.3, 0.4) is 0 Å². The molecule has 1 aromatic rings. The van der Waals surface area contributed by atoms with Crippen LogP contribution in [0.5, 0.6) is 0 Å². The van der Waals surface area contributed by atoms with Crippen LogP contribution in [0.2, 0.25) is 0 Å². The first-order valence-corrected chi connectivity index (χ1v) is 7.73. The van der Waals surface area contributed by atoms with Crippen molar-refractivity contribution in [2.45, 2.75) is 17.2 Å². The van der Waals surface area contributed by atoms with Gasteiger partial charge in [-0.3, -0.25) is 10.1 Å². The number of ether oxygens (including phenoxy) is 1. The van der Waals surface area contributed by atoms with Gasteiger partial charge in [0.25, 0.3) is 10.0 Å². The molecule has 0 saturated carbocycles. The predicted molar refractivity (Wildman–Crippen MR) is 75.1 cm³/mol. The van der Waals surface area contributed by atoms with Crippen LogP contribution >= 0.6 is 11.3 Å². The molecule has 1 aromatic heterocycles. The first kappa shape index (κ1) is 16.8. The van der Waals surface area contributed by atoms with E-state index in [0.717, 1.165) is 10.4 Å². The fraction of sp³-hybridized carbons (Fsp3) is 0.556. The molecule has 0 radical (unpaired) electrons. The number of nitrogens with one attached hydrogen (secondary N) is 1. The SMILES string of the molecule is COCC(C)N(C)S(=O)(=O)c1cc([N+](=O)[O-])c(NN)s1. The minimum atomic E-state index is -3.83. The Bertz CT molecular complexity index is 585. The van der Waals surface area contributed by atoms with E-state index >= 15 is 0 Å². The Morgan fingerprint density at radius 2 is 2.25 bits per heavy atom. The average molecular weight is 324 g/mol. The molecule has 1 rings (SSSR count). The molecule has 11 heteroatoms. The molecule has 0 aromatic carbocycles. The van der Waals surface area contributed by atoms with Gasteiger partial charge in [0.1, 0.15) is 4.21 Å². The molecule has 1 unspecified atom stereocenters. The molecule has 0 amide bonds. The van der Waals surface area contributed by atoms with Crippen molar-refractivity contribution >= 4 is 32.0 Å². The molecule has 3 N–H and O–H groups in total. The highest BCUT2D eigenvalue weighted by atomic mass is 32.2. The van der Waals surface area contributed by atoms with Gasteiger partial charge in [-0.25, -0.2) is 14.3 Å². The fourth-order valence-corrected chi connectivity index (χ4v) is 4.22. The molecular formula is C9H16N4O5S2. The standard InChI is InChI=1S/C9H16N4O5S2/c1-6(5-18-3)12(2)20(16,17)8-4-7(13(14)15)9(11-10)19-8/h4,6,11H,5,10H2,1-3H3. The zero-order chi connectivity index (χ0) is 15.5. The number of rotatable bonds is 7. The Balaban J connectivity index is 3.19. The van der Waals surface area contributed by atoms with Crippen LogP contribution in [0.25, 0.3) is 0 Å². The summed E-state index contributed by atoms with van der Waals surface area (Å²) in [6, 6.07) is 0.589. The lowest BCUT2D eigenvalue weighted by Gasteiger charge is -2.22. The van der Waals surface area contributed by atoms with Crippen LogP contribution in [0.4, 0.5) is 10.7 Å². The van der Waals surface area contributed by atoms with Gasteiger partial charge in [0, 0.05) is 26.3 Å². The number of hydrazine groups is 1. The molecule has 20 heavy (non-hydrogen) atoms. The Kier molecular flexibility index (Phi) is 5.42. The van der Waals surface area contributed by atoms with E-state index in [1.807, 2.05) is 0 Å². The lowest BCUT2D eigenvalue weighted by Crippen LogP contribution is -2.37. The maximum Gasteiger partial charge on any atom is 0.306 e. The second-order valence-electron chi connectivity index (χ2n) is 4.01. The first-order valence-electron chi connectivity index (χ1n) is 5.47. The van der Waals surface area contributed by atoms with Crippen molar-refractivity contribution in [3.05, 3.63) is 16.2 Å². The summed E-state index contributed by atoms with van der Waals surface area (Å²) in [5, 5.41) is 10.8. The van der Waals surface area contributed by atoms with Crippen LogP contribution < -0.4 is 11.3 Å². The maximum absolute atomic E-state index is 12.3. The van der Waals surface area contributed by atoms with E-state index in [1.54, 1.807) is 6.92 Å². The minimum absolute atomic E-state index is 0.0126. The number of likely N-dealkylation sites (N-methyl/N-ethyl adjacent to an activating group) is 1. The number of hydrogen-bond acceptors (Lipinski definition) is 8. The van der Waals surface area contributed by atoms with E-state index in [-0.39, 0.29) is 21.5 Å². The van der Waals surface area contributed by atoms with Gasteiger partial charge < -0.3 is 10.2 Å². The van der Waals surface area contributed by atoms with Crippen LogP contribution in [0.15, 0.2) is 10.3 Å². The highest BCUT2D eigenvalue weighted by Gasteiger charge is 2.31. The van der Waals surface area contributed by atoms with Crippen molar-refractivity contribution < 1.29 is 18.1 Å². The van der Waals surface area contributed by atoms with Crippen molar-refractivity contribution in [1.82, 2.24) is 4.31 Å². The molecular weight excluding hydrogens is 308 g/mol. The predicted octanol–water partition coefficient (Wildman–Crippen LogP) is 0.597. The van der Waals surface area contributed by atoms with Crippen LogP contribution in [-0.4, -0.2) is 44.5 Å². The highest BCUT2D eigenvalue weighted by molar-refractivity contribution is 7.91. The molecule has 0 saturated heterocycles. The third kappa shape index (κ3) is 3.24. The van der Waals surface area contributed by atoms with E-state index in [2.05, 4.69) is 5.43 Å². The molecule has 0 aliphatic carbocycles. The number of nitrogens with two attached hydrogens (primary N) is 1. The Morgan fingerprint density at radius 3 is 2.65 bits per heavy atom. The third-order valence-electron chi connectivity index (χ3n) is 2.68. The molecule has 1 heterocycles. The lowest BCUT2D eigenvalue weighted by molar-refractivity contribution is -0.383. The van der Waals surface area contributed by atoms with Gasteiger partial charge in [0.2, 0.25) is 0 Å². The van der Waals surface area contributed by atoms with E-state index in [0.29, 0.717) is 11.3 Å². The van der Waals surface area contributed by atoms with Crippen molar-refractivity contribution in [2.24, 2.45) is 5.84 Å². The second kappa shape index (κ2) is 6.45. The molecule has 1 atom stereocenters. The summed E-state index contributed by atoms with van der Waals surface area (Å²) in [5.41, 5.74) is 1.76. The molecule has 0 spiro atoms. The Morgan fingerprint density at radius 1 is 1.65 bits per heavy atom. The topological polar surface area (TPSA) is 128 Å². The van der Waals surface area contributed by atoms with Crippen LogP contribution in [0.1, 0.15) is 6.92 Å². The summed E-state index contributed by atoms with van der Waals surface area (Å²) in [6.07, 6.45) is 0. The van der Waals surface area contributed by atoms with Gasteiger partial charge >= 0.3 is 5.69 Å². The zero-order valence-electron chi connectivity index (χ0n) is 11.2. The molecule has 114 valence electrons. The quantitative estimate of drug-likeness (QED) is 0.427. The third-order valence-corrected chi connectivity index (χ3v) is 6.16. The van der Waals surface area contributed by atoms with E-state index in [4.69, 9.17) is 10.6 Å². The van der Waals surface area contributed by atoms with E-state index in [1.165, 1.54) is 14.2 Å². The van der Waals surface area contributed by atoms with Crippen LogP contribution in [0, 0.1) is 10.1 Å². The van der Waals surface area contributed by atoms with Gasteiger partial charge in [-0.15, -0.1) is 0 Å². The Hall–Kier alpha value is -1.27. The number of nitrogens with zero attached hydrogens (tertiary/aromatic N) is 2. The van der Waals surface area contributed by atoms with Crippen molar-refractivity contribution in [3.63, 3.8) is 0 Å². The van der Waals surface area contributed by atoms with Gasteiger partial charge in [-0.05, 0) is 6.92 Å². The average Bonchev–Trinajstić information content (AvgIpc) is 2.82. The fourth-order valence-electron chi connectivity index (χ4n) is 1.45. The number of hydrogen-bond donors (Lipinski definition) is 2. The number of methoxy groups -OCH3 is 1. The summed E-state index contributed by atoms with van der Waals surface area (Å²) in [6.45, 7) is 1.89. The summed E-state index contributed by atoms with van der Waals surface area (Å²) >= 11 is 0.710. The maximum atomic E-state index is 12.3. The zero-order valence-corrected chi connectivity index (χ0v) is 12.8. The number of sulfonamides is 1. The van der Waals surface area contributed by atoms with Crippen molar-refractivity contribution in [2.75, 3.05) is 26.2 Å². The van der Waals surface area contributed by atoms with Gasteiger partial charge in [0.15, 0.2) is 5.00 Å². The minimum Gasteiger partial charge on any atom is -0.383 e. The number of thiophene rings is 1. The smallest absolute Gasteiger partial charge is 0.306 e. The van der Waals surface area contributed by atoms with Gasteiger partial charge in [0.05, 0.1) is 11.5 Å². The van der Waals surface area contributed by atoms with E-state index < -0.39 is 21.0 Å². The van der Waals surface area contributed by atoms with E-state index in [9.17, 15) is 18.5 Å². The molecule has 0 aliphatic rings. The number of nitrogen functional groups attached to an aromatic ring is 1. The van der Waals surface area contributed by atoms with Gasteiger partial charge in [-0.1, -0.05) is 11.3 Å². The largest absolute Gasteiger partial charge is 0.383 e. The lowest BCUT2D eigenvalue weighted by atomic mass is 10.4. The van der Waals surface area contributed by atoms with Gasteiger partial charge in [-0.2, -0.15) is 4.31 Å². The molecule has 0 bridgehead atoms. The summed E-state index contributed by atoms with van der Waals surface area (Å²) in [5.74, 6) is 5.16. The Labute approximate surface area is 120 Å². The van der Waals surface area contributed by atoms with Crippen molar-refractivity contribution in [1.29, 1.82) is 0 Å². The summed E-state index contributed by atoms with van der Waals surface area (Å²) in [4.78, 5) is 10.1. The van der Waals surface area contributed by atoms with Crippen molar-refractivity contribution in [3.8, 4) is 0 Å². The normalized spacial score (nSPS) is 13.4. The summed E-state index contributed by atoms with van der Waals surface area (Å²) < 4.78 is 30.5. The molecule has 0 aliphatic heterocycles. The first-order chi connectivity index (χ1) is 9.25. The monoisotopic (exact) mass is 324 g/mol. The summed E-state index contributed by atoms with van der Waals surface area (Å²) in [7, 11) is -0.983. The highest BCUT2D eigenvalue weighted by Crippen LogP contribution is 2.37. The second-order valence-corrected chi connectivity index (χ2v) is 7.28. The molecule has 0 fully saturated rings. The molecule has 9 nitrogen and oxygen atoms in total.